The van der Waals surface area contributed by atoms with Gasteiger partial charge >= 0.3 is 0 Å². The number of thiophene rings is 1. The topological polar surface area (TPSA) is 3.24 Å². The molecule has 0 radical (unpaired) electrons. The molecule has 27 heavy (non-hydrogen) atoms. The summed E-state index contributed by atoms with van der Waals surface area (Å²) in [5.74, 6) is 0. The Labute approximate surface area is 163 Å². The molecule has 132 valence electrons. The molecule has 3 aromatic carbocycles. The van der Waals surface area contributed by atoms with Crippen LogP contribution in [-0.4, -0.2) is 7.05 Å². The van der Waals surface area contributed by atoms with Crippen molar-refractivity contribution in [3.05, 3.63) is 96.2 Å². The van der Waals surface area contributed by atoms with Gasteiger partial charge in [-0.15, -0.1) is 11.3 Å². The maximum atomic E-state index is 2.34. The molecular formula is C25H21NS. The highest BCUT2D eigenvalue weighted by Crippen LogP contribution is 2.37. The minimum absolute atomic E-state index is 1.07. The minimum Gasteiger partial charge on any atom is -0.348 e. The Hall–Kier alpha value is -2.84. The summed E-state index contributed by atoms with van der Waals surface area (Å²) in [5.41, 5.74) is 5.39. The lowest BCUT2D eigenvalue weighted by Crippen LogP contribution is -2.17. The highest BCUT2D eigenvalue weighted by molar-refractivity contribution is 7.25. The molecular weight excluding hydrogens is 346 g/mol. The summed E-state index contributed by atoms with van der Waals surface area (Å²) < 4.78 is 2.72. The summed E-state index contributed by atoms with van der Waals surface area (Å²) in [6.45, 7) is 0. The minimum atomic E-state index is 1.07. The number of benzene rings is 3. The molecule has 0 unspecified atom stereocenters. The molecule has 1 aliphatic rings. The molecule has 0 saturated carbocycles. The zero-order valence-electron chi connectivity index (χ0n) is 15.4. The number of rotatable bonds is 3. The van der Waals surface area contributed by atoms with E-state index in [-0.39, 0.29) is 0 Å². The van der Waals surface area contributed by atoms with E-state index in [9.17, 15) is 0 Å². The van der Waals surface area contributed by atoms with E-state index in [2.05, 4.69) is 96.9 Å². The molecule has 1 nitrogen and oxygen atoms in total. The molecule has 0 saturated heterocycles. The third kappa shape index (κ3) is 2.96. The molecule has 2 heteroatoms. The number of hydrogen-bond acceptors (Lipinski definition) is 2. The molecule has 0 fully saturated rings. The summed E-state index contributed by atoms with van der Waals surface area (Å²) in [6, 6.07) is 26.2. The van der Waals surface area contributed by atoms with Crippen LogP contribution in [0.3, 0.4) is 0 Å². The summed E-state index contributed by atoms with van der Waals surface area (Å²) in [6.07, 6.45) is 6.72. The molecule has 0 spiro atoms. The zero-order valence-corrected chi connectivity index (χ0v) is 16.2. The van der Waals surface area contributed by atoms with Crippen molar-refractivity contribution in [2.45, 2.75) is 12.8 Å². The Balaban J connectivity index is 1.47. The van der Waals surface area contributed by atoms with E-state index >= 15 is 0 Å². The van der Waals surface area contributed by atoms with Gasteiger partial charge in [0.2, 0.25) is 0 Å². The SMILES string of the molecule is CN(C1=CC=C(c2ccccc2)CC1)c1ccc2c(c1)sc1ccccc12. The Morgan fingerprint density at radius 3 is 2.33 bits per heavy atom. The van der Waals surface area contributed by atoms with E-state index in [1.54, 1.807) is 0 Å². The van der Waals surface area contributed by atoms with Crippen LogP contribution in [-0.2, 0) is 0 Å². The number of hydrogen-bond donors (Lipinski definition) is 0. The van der Waals surface area contributed by atoms with E-state index in [1.165, 1.54) is 42.7 Å². The van der Waals surface area contributed by atoms with Crippen LogP contribution in [0.2, 0.25) is 0 Å². The highest BCUT2D eigenvalue weighted by atomic mass is 32.1. The van der Waals surface area contributed by atoms with Gasteiger partial charge in [0.1, 0.15) is 0 Å². The van der Waals surface area contributed by atoms with Gasteiger partial charge in [0, 0.05) is 38.6 Å². The zero-order chi connectivity index (χ0) is 18.2. The van der Waals surface area contributed by atoms with E-state index in [1.807, 2.05) is 11.3 Å². The molecule has 0 N–H and O–H groups in total. The molecule has 4 aromatic rings. The quantitative estimate of drug-likeness (QED) is 0.368. The molecule has 1 aliphatic carbocycles. The fraction of sp³-hybridized carbons (Fsp3) is 0.120. The van der Waals surface area contributed by atoms with Crippen molar-refractivity contribution >= 4 is 42.8 Å². The van der Waals surface area contributed by atoms with Crippen LogP contribution < -0.4 is 4.90 Å². The van der Waals surface area contributed by atoms with Gasteiger partial charge in [0.15, 0.2) is 0 Å². The standard InChI is InChI=1S/C25H21NS/c1-26(20-13-11-19(12-14-20)18-7-3-2-4-8-18)21-15-16-23-22-9-5-6-10-24(22)27-25(23)17-21/h2-11,13,15-17H,12,14H2,1H3. The van der Waals surface area contributed by atoms with Gasteiger partial charge in [-0.1, -0.05) is 60.7 Å². The van der Waals surface area contributed by atoms with Crippen LogP contribution >= 0.6 is 11.3 Å². The monoisotopic (exact) mass is 367 g/mol. The Kier molecular flexibility index (Phi) is 4.06. The lowest BCUT2D eigenvalue weighted by Gasteiger charge is -2.25. The number of allylic oxidation sites excluding steroid dienone is 4. The first-order valence-corrected chi connectivity index (χ1v) is 10.2. The molecule has 0 amide bonds. The van der Waals surface area contributed by atoms with Crippen molar-refractivity contribution < 1.29 is 0 Å². The van der Waals surface area contributed by atoms with Gasteiger partial charge in [-0.2, -0.15) is 0 Å². The first kappa shape index (κ1) is 16.3. The highest BCUT2D eigenvalue weighted by Gasteiger charge is 2.14. The summed E-state index contributed by atoms with van der Waals surface area (Å²) in [5, 5.41) is 2.72. The predicted molar refractivity (Wildman–Crippen MR) is 119 cm³/mol. The third-order valence-corrected chi connectivity index (χ3v) is 6.59. The largest absolute Gasteiger partial charge is 0.348 e. The third-order valence-electron chi connectivity index (χ3n) is 5.45. The number of nitrogens with zero attached hydrogens (tertiary/aromatic N) is 1. The summed E-state index contributed by atoms with van der Waals surface area (Å²) >= 11 is 1.88. The molecule has 1 heterocycles. The average Bonchev–Trinajstić information content (AvgIpc) is 3.12. The van der Waals surface area contributed by atoms with Gasteiger partial charge in [-0.05, 0) is 48.3 Å². The Morgan fingerprint density at radius 2 is 1.52 bits per heavy atom. The van der Waals surface area contributed by atoms with Gasteiger partial charge in [-0.25, -0.2) is 0 Å². The van der Waals surface area contributed by atoms with Gasteiger partial charge in [0.05, 0.1) is 0 Å². The van der Waals surface area contributed by atoms with E-state index in [0.717, 1.165) is 12.8 Å². The maximum Gasteiger partial charge on any atom is 0.0420 e. The average molecular weight is 368 g/mol. The van der Waals surface area contributed by atoms with Gasteiger partial charge < -0.3 is 4.90 Å². The maximum absolute atomic E-state index is 2.34. The number of fused-ring (bicyclic) bond motifs is 3. The van der Waals surface area contributed by atoms with Crippen LogP contribution in [0.4, 0.5) is 5.69 Å². The lowest BCUT2D eigenvalue weighted by atomic mass is 9.95. The van der Waals surface area contributed by atoms with E-state index in [0.29, 0.717) is 0 Å². The lowest BCUT2D eigenvalue weighted by molar-refractivity contribution is 0.908. The summed E-state index contributed by atoms with van der Waals surface area (Å²) in [4.78, 5) is 2.34. The molecule has 1 aromatic heterocycles. The Bertz CT molecular complexity index is 1180. The first-order valence-electron chi connectivity index (χ1n) is 9.40. The molecule has 0 aliphatic heterocycles. The van der Waals surface area contributed by atoms with Crippen molar-refractivity contribution in [3.63, 3.8) is 0 Å². The molecule has 0 bridgehead atoms. The molecule has 0 atom stereocenters. The van der Waals surface area contributed by atoms with Crippen molar-refractivity contribution in [2.24, 2.45) is 0 Å². The van der Waals surface area contributed by atoms with Crippen LogP contribution in [0.25, 0.3) is 25.7 Å². The van der Waals surface area contributed by atoms with Crippen molar-refractivity contribution in [2.75, 3.05) is 11.9 Å². The van der Waals surface area contributed by atoms with Crippen molar-refractivity contribution in [1.29, 1.82) is 0 Å². The van der Waals surface area contributed by atoms with Crippen LogP contribution in [0.15, 0.2) is 90.6 Å². The first-order chi connectivity index (χ1) is 13.3. The fourth-order valence-electron chi connectivity index (χ4n) is 3.89. The predicted octanol–water partition coefficient (Wildman–Crippen LogP) is 7.25. The molecule has 5 rings (SSSR count). The number of anilines is 1. The Morgan fingerprint density at radius 1 is 0.741 bits per heavy atom. The van der Waals surface area contributed by atoms with Gasteiger partial charge in [0.25, 0.3) is 0 Å². The van der Waals surface area contributed by atoms with Crippen molar-refractivity contribution in [1.82, 2.24) is 0 Å². The second kappa shape index (κ2) is 6.71. The second-order valence-corrected chi connectivity index (χ2v) is 8.14. The second-order valence-electron chi connectivity index (χ2n) is 7.05. The fourth-order valence-corrected chi connectivity index (χ4v) is 5.03. The summed E-state index contributed by atoms with van der Waals surface area (Å²) in [7, 11) is 2.18. The smallest absolute Gasteiger partial charge is 0.0420 e. The van der Waals surface area contributed by atoms with Crippen LogP contribution in [0.1, 0.15) is 18.4 Å². The van der Waals surface area contributed by atoms with Crippen molar-refractivity contribution in [3.8, 4) is 0 Å². The van der Waals surface area contributed by atoms with Crippen LogP contribution in [0, 0.1) is 0 Å². The van der Waals surface area contributed by atoms with E-state index in [4.69, 9.17) is 0 Å². The van der Waals surface area contributed by atoms with E-state index < -0.39 is 0 Å². The van der Waals surface area contributed by atoms with Crippen LogP contribution in [0.5, 0.6) is 0 Å². The normalized spacial score (nSPS) is 14.3. The van der Waals surface area contributed by atoms with Gasteiger partial charge in [-0.3, -0.25) is 0 Å².